The largest absolute Gasteiger partial charge is 0.476 e. The number of rotatable bonds is 8. The zero-order chi connectivity index (χ0) is 25.7. The normalized spacial score (nSPS) is 11.4. The lowest BCUT2D eigenvalue weighted by atomic mass is 9.70. The highest BCUT2D eigenvalue weighted by Crippen LogP contribution is 2.47. The molecule has 0 atom stereocenters. The third-order valence-corrected chi connectivity index (χ3v) is 7.01. The van der Waals surface area contributed by atoms with E-state index >= 15 is 0 Å². The zero-order valence-electron chi connectivity index (χ0n) is 20.1. The van der Waals surface area contributed by atoms with Gasteiger partial charge in [-0.1, -0.05) is 126 Å². The van der Waals surface area contributed by atoms with E-state index in [9.17, 15) is 9.90 Å². The first kappa shape index (κ1) is 26.6. The highest BCUT2D eigenvalue weighted by atomic mass is 35.5. The summed E-state index contributed by atoms with van der Waals surface area (Å²) < 4.78 is 0. The second kappa shape index (κ2) is 11.7. The number of carboxylic acid groups (broad SMARTS) is 1. The van der Waals surface area contributed by atoms with Crippen LogP contribution < -0.4 is 10.6 Å². The van der Waals surface area contributed by atoms with Gasteiger partial charge in [0.1, 0.15) is 15.7 Å². The van der Waals surface area contributed by atoms with E-state index in [1.54, 1.807) is 24.3 Å². The Hall–Kier alpha value is -4.46. The molecule has 5 aromatic rings. The van der Waals surface area contributed by atoms with Crippen molar-refractivity contribution < 1.29 is 14.7 Å². The number of hydrogen-bond acceptors (Lipinski definition) is 6. The number of nitrogen functional groups attached to an aromatic ring is 1. The van der Waals surface area contributed by atoms with Crippen LogP contribution in [-0.4, -0.2) is 21.8 Å². The Morgan fingerprint density at radius 2 is 1.18 bits per heavy atom. The molecule has 3 N–H and O–H groups in total. The van der Waals surface area contributed by atoms with Gasteiger partial charge in [-0.05, 0) is 28.8 Å². The van der Waals surface area contributed by atoms with Crippen LogP contribution in [0.15, 0.2) is 126 Å². The molecule has 0 radical (unpaired) electrons. The number of aliphatic carboxylic acids is 1. The molecule has 0 amide bonds. The summed E-state index contributed by atoms with van der Waals surface area (Å²) in [5.74, 6) is -0.883. The summed E-state index contributed by atoms with van der Waals surface area (Å²) in [7, 11) is 0. The van der Waals surface area contributed by atoms with Crippen LogP contribution in [0.1, 0.15) is 27.4 Å². The van der Waals surface area contributed by atoms with Crippen molar-refractivity contribution in [3.8, 4) is 5.75 Å². The van der Waals surface area contributed by atoms with Gasteiger partial charge < -0.3 is 15.7 Å². The highest BCUT2D eigenvalue weighted by molar-refractivity contribution is 7.16. The number of oxime groups is 1. The fourth-order valence-electron chi connectivity index (χ4n) is 4.36. The number of carbonyl (C=O) groups is 1. The molecule has 0 aliphatic heterocycles. The monoisotopic (exact) mass is 541 g/mol. The maximum Gasteiger partial charge on any atom is 0.360 e. The predicted molar refractivity (Wildman–Crippen MR) is 153 cm³/mol. The Morgan fingerprint density at radius 3 is 1.61 bits per heavy atom. The molecule has 0 unspecified atom stereocenters. The second-order valence-electron chi connectivity index (χ2n) is 8.23. The number of anilines is 1. The summed E-state index contributed by atoms with van der Waals surface area (Å²) in [4.78, 5) is 22.5. The maximum absolute atomic E-state index is 12.2. The number of thiazole rings is 1. The van der Waals surface area contributed by atoms with Gasteiger partial charge in [-0.15, -0.1) is 12.4 Å². The molecular weight excluding hydrogens is 518 g/mol. The van der Waals surface area contributed by atoms with Crippen molar-refractivity contribution in [2.45, 2.75) is 5.41 Å². The summed E-state index contributed by atoms with van der Waals surface area (Å²) in [5, 5.41) is 14.8. The summed E-state index contributed by atoms with van der Waals surface area (Å²) in [6, 6.07) is 38.8. The average Bonchev–Trinajstić information content (AvgIpc) is 3.32. The van der Waals surface area contributed by atoms with Crippen LogP contribution in [0.25, 0.3) is 0 Å². The number of hydrogen-bond donors (Lipinski definition) is 2. The van der Waals surface area contributed by atoms with Crippen LogP contribution in [0.5, 0.6) is 5.75 Å². The van der Waals surface area contributed by atoms with E-state index in [-0.39, 0.29) is 28.8 Å². The summed E-state index contributed by atoms with van der Waals surface area (Å²) in [6.07, 6.45) is 0. The van der Waals surface area contributed by atoms with Crippen molar-refractivity contribution in [2.75, 3.05) is 5.73 Å². The quantitative estimate of drug-likeness (QED) is 0.135. The van der Waals surface area contributed by atoms with E-state index in [0.29, 0.717) is 10.8 Å². The Balaban J connectivity index is 0.00000336. The molecule has 4 aromatic carbocycles. The molecule has 1 heterocycles. The van der Waals surface area contributed by atoms with Crippen LogP contribution in [0, 0.1) is 0 Å². The van der Waals surface area contributed by atoms with Crippen LogP contribution in [0.3, 0.4) is 0 Å². The van der Waals surface area contributed by atoms with Gasteiger partial charge in [-0.2, -0.15) is 0 Å². The van der Waals surface area contributed by atoms with Gasteiger partial charge in [0.05, 0.1) is 5.41 Å². The van der Waals surface area contributed by atoms with Crippen molar-refractivity contribution in [3.05, 3.63) is 149 Å². The minimum Gasteiger partial charge on any atom is -0.476 e. The summed E-state index contributed by atoms with van der Waals surface area (Å²) >= 11 is 1.24. The third kappa shape index (κ3) is 5.02. The molecule has 5 rings (SSSR count). The predicted octanol–water partition coefficient (Wildman–Crippen LogP) is 6.40. The average molecular weight is 542 g/mol. The van der Waals surface area contributed by atoms with Gasteiger partial charge in [0.25, 0.3) is 0 Å². The number of benzene rings is 4. The van der Waals surface area contributed by atoms with Crippen molar-refractivity contribution in [1.29, 1.82) is 0 Å². The van der Waals surface area contributed by atoms with Crippen LogP contribution in [-0.2, 0) is 10.2 Å². The van der Waals surface area contributed by atoms with E-state index in [2.05, 4.69) is 5.16 Å². The molecule has 190 valence electrons. The smallest absolute Gasteiger partial charge is 0.360 e. The van der Waals surface area contributed by atoms with Crippen molar-refractivity contribution in [1.82, 2.24) is 4.98 Å². The third-order valence-electron chi connectivity index (χ3n) is 6.01. The Morgan fingerprint density at radius 1 is 0.763 bits per heavy atom. The van der Waals surface area contributed by atoms with Gasteiger partial charge >= 0.3 is 5.97 Å². The van der Waals surface area contributed by atoms with Crippen LogP contribution in [0.2, 0.25) is 0 Å². The van der Waals surface area contributed by atoms with Gasteiger partial charge in [-0.25, -0.2) is 9.78 Å². The fraction of sp³-hybridized carbons (Fsp3) is 0.0333. The molecule has 0 aliphatic carbocycles. The summed E-state index contributed by atoms with van der Waals surface area (Å²) in [6.45, 7) is 0. The van der Waals surface area contributed by atoms with E-state index < -0.39 is 11.4 Å². The van der Waals surface area contributed by atoms with E-state index in [1.165, 1.54) is 11.3 Å². The molecule has 0 fully saturated rings. The minimum absolute atomic E-state index is 0. The molecule has 0 bridgehead atoms. The number of para-hydroxylation sites is 1. The van der Waals surface area contributed by atoms with Gasteiger partial charge in [0, 0.05) is 0 Å². The van der Waals surface area contributed by atoms with Crippen molar-refractivity contribution in [3.63, 3.8) is 0 Å². The second-order valence-corrected chi connectivity index (χ2v) is 9.26. The first-order valence-electron chi connectivity index (χ1n) is 11.6. The molecule has 1 aromatic heterocycles. The Kier molecular flexibility index (Phi) is 8.21. The number of aromatic nitrogens is 1. The first-order valence-corrected chi connectivity index (χ1v) is 12.4. The van der Waals surface area contributed by atoms with Gasteiger partial charge in [0.2, 0.25) is 5.71 Å². The molecule has 0 spiro atoms. The molecule has 0 aliphatic rings. The number of carboxylic acids is 1. The first-order chi connectivity index (χ1) is 18.1. The van der Waals surface area contributed by atoms with E-state index in [4.69, 9.17) is 15.6 Å². The Labute approximate surface area is 230 Å². The molecular formula is C30H24ClN3O3S. The maximum atomic E-state index is 12.2. The van der Waals surface area contributed by atoms with Crippen molar-refractivity contribution >= 4 is 40.4 Å². The lowest BCUT2D eigenvalue weighted by molar-refractivity contribution is -0.129. The van der Waals surface area contributed by atoms with Gasteiger partial charge in [0.15, 0.2) is 5.75 Å². The molecule has 0 saturated heterocycles. The van der Waals surface area contributed by atoms with Gasteiger partial charge in [-0.3, -0.25) is 0 Å². The SMILES string of the molecule is Cl.Nc1sc(C(c2ccccc2)(c2ccccc2)c2ccccc2)nc1C(=NOc1ccccc1)C(=O)O. The molecule has 38 heavy (non-hydrogen) atoms. The van der Waals surface area contributed by atoms with Crippen LogP contribution >= 0.6 is 23.7 Å². The van der Waals surface area contributed by atoms with E-state index in [1.807, 2.05) is 97.1 Å². The molecule has 8 heteroatoms. The molecule has 6 nitrogen and oxygen atoms in total. The number of nitrogens with zero attached hydrogens (tertiary/aromatic N) is 2. The topological polar surface area (TPSA) is 97.8 Å². The summed E-state index contributed by atoms with van der Waals surface area (Å²) in [5.41, 5.74) is 8.21. The van der Waals surface area contributed by atoms with Crippen molar-refractivity contribution in [2.24, 2.45) is 5.16 Å². The lowest BCUT2D eigenvalue weighted by Gasteiger charge is -2.34. The van der Waals surface area contributed by atoms with E-state index in [0.717, 1.165) is 16.7 Å². The Bertz CT molecular complexity index is 1430. The standard InChI is InChI=1S/C30H23N3O3S.ClH/c31-27-25(26(28(34)35)33-36-24-19-11-4-12-20-24)32-29(37-27)30(21-13-5-1-6-14-21,22-15-7-2-8-16-22)23-17-9-3-10-18-23;/h1-20H,31H2,(H,34,35);1H. The fourth-order valence-corrected chi connectivity index (χ4v) is 5.45. The highest BCUT2D eigenvalue weighted by Gasteiger charge is 2.42. The lowest BCUT2D eigenvalue weighted by Crippen LogP contribution is -2.31. The minimum atomic E-state index is -1.29. The zero-order valence-corrected chi connectivity index (χ0v) is 21.7. The number of nitrogens with two attached hydrogens (primary N) is 1. The molecule has 0 saturated carbocycles. The number of halogens is 1. The van der Waals surface area contributed by atoms with Crippen LogP contribution in [0.4, 0.5) is 5.00 Å².